The van der Waals surface area contributed by atoms with Crippen LogP contribution in [-0.2, 0) is 22.6 Å². The number of aromatic nitrogens is 1. The van der Waals surface area contributed by atoms with E-state index in [2.05, 4.69) is 27.8 Å². The summed E-state index contributed by atoms with van der Waals surface area (Å²) < 4.78 is 7.99. The predicted molar refractivity (Wildman–Crippen MR) is 124 cm³/mol. The van der Waals surface area contributed by atoms with Crippen LogP contribution in [0.5, 0.6) is 0 Å². The first-order valence-electron chi connectivity index (χ1n) is 10.5. The Morgan fingerprint density at radius 2 is 2.06 bits per heavy atom. The number of likely N-dealkylation sites (tertiary alicyclic amines) is 1. The Kier molecular flexibility index (Phi) is 6.60. The molecular weight excluding hydrogens is 474 g/mol. The van der Waals surface area contributed by atoms with Crippen molar-refractivity contribution >= 4 is 44.4 Å². The van der Waals surface area contributed by atoms with Gasteiger partial charge in [-0.15, -0.1) is 0 Å². The summed E-state index contributed by atoms with van der Waals surface area (Å²) in [6.45, 7) is 5.29. The number of carbonyl (C=O) groups excluding carboxylic acids is 3. The minimum Gasteiger partial charge on any atom is -0.469 e. The number of amides is 2. The van der Waals surface area contributed by atoms with Crippen molar-refractivity contribution in [1.29, 1.82) is 0 Å². The smallest absolute Gasteiger partial charge is 0.253 e. The van der Waals surface area contributed by atoms with E-state index in [4.69, 9.17) is 4.42 Å². The number of nitrogens with zero attached hydrogens (tertiary/aromatic N) is 2. The Morgan fingerprint density at radius 1 is 1.25 bits per heavy atom. The first kappa shape index (κ1) is 22.1. The van der Waals surface area contributed by atoms with Crippen molar-refractivity contribution in [2.75, 3.05) is 19.6 Å². The van der Waals surface area contributed by atoms with Crippen molar-refractivity contribution in [3.8, 4) is 0 Å². The first-order chi connectivity index (χ1) is 15.4. The standard InChI is InChI=1S/C24H24BrN3O4/c1-2-23(30)28-12-16(13-28)10-18(29)14-27-15-21(20-11-17(25)5-6-22(20)27)24(31)26-8-7-19-4-3-9-32-19/h2-6,9,11,15-16H,1,7-8,10,12-14H2,(H,26,31). The van der Waals surface area contributed by atoms with Gasteiger partial charge in [0, 0.05) is 60.0 Å². The molecule has 0 unspecified atom stereocenters. The van der Waals surface area contributed by atoms with Crippen molar-refractivity contribution < 1.29 is 18.8 Å². The van der Waals surface area contributed by atoms with E-state index in [1.807, 2.05) is 34.9 Å². The molecule has 1 fully saturated rings. The number of hydrogen-bond acceptors (Lipinski definition) is 4. The summed E-state index contributed by atoms with van der Waals surface area (Å²) in [7, 11) is 0. The van der Waals surface area contributed by atoms with Crippen LogP contribution < -0.4 is 5.32 Å². The maximum atomic E-state index is 12.9. The molecule has 1 aliphatic rings. The van der Waals surface area contributed by atoms with E-state index in [0.717, 1.165) is 21.1 Å². The van der Waals surface area contributed by atoms with Crippen molar-refractivity contribution in [1.82, 2.24) is 14.8 Å². The molecular formula is C24H24BrN3O4. The minimum absolute atomic E-state index is 0.0744. The van der Waals surface area contributed by atoms with Crippen LogP contribution in [0.15, 0.2) is 64.3 Å². The lowest BCUT2D eigenvalue weighted by molar-refractivity contribution is -0.134. The molecule has 0 saturated carbocycles. The van der Waals surface area contributed by atoms with Crippen molar-refractivity contribution in [2.24, 2.45) is 5.92 Å². The molecule has 3 heterocycles. The molecule has 0 radical (unpaired) electrons. The highest BCUT2D eigenvalue weighted by Crippen LogP contribution is 2.26. The van der Waals surface area contributed by atoms with Gasteiger partial charge in [-0.3, -0.25) is 14.4 Å². The van der Waals surface area contributed by atoms with Gasteiger partial charge in [0.15, 0.2) is 5.78 Å². The molecule has 4 rings (SSSR count). The molecule has 8 heteroatoms. The fraction of sp³-hybridized carbons (Fsp3) is 0.292. The SMILES string of the molecule is C=CC(=O)N1CC(CC(=O)Cn2cc(C(=O)NCCc3ccco3)c3cc(Br)ccc32)C1. The summed E-state index contributed by atoms with van der Waals surface area (Å²) in [5, 5.41) is 3.72. The number of ketones is 1. The molecule has 166 valence electrons. The van der Waals surface area contributed by atoms with Gasteiger partial charge in [-0.1, -0.05) is 22.5 Å². The third-order valence-electron chi connectivity index (χ3n) is 5.63. The van der Waals surface area contributed by atoms with Gasteiger partial charge < -0.3 is 19.2 Å². The molecule has 2 amide bonds. The average molecular weight is 498 g/mol. The summed E-state index contributed by atoms with van der Waals surface area (Å²) >= 11 is 3.47. The van der Waals surface area contributed by atoms with Crippen LogP contribution in [0.1, 0.15) is 22.5 Å². The predicted octanol–water partition coefficient (Wildman–Crippen LogP) is 3.57. The Labute approximate surface area is 194 Å². The van der Waals surface area contributed by atoms with E-state index in [0.29, 0.717) is 38.0 Å². The summed E-state index contributed by atoms with van der Waals surface area (Å²) in [6.07, 6.45) is 5.65. The topological polar surface area (TPSA) is 84.5 Å². The number of benzene rings is 1. The second-order valence-electron chi connectivity index (χ2n) is 7.97. The quantitative estimate of drug-likeness (QED) is 0.458. The van der Waals surface area contributed by atoms with E-state index >= 15 is 0 Å². The Bertz CT molecular complexity index is 1160. The number of carbonyl (C=O) groups is 3. The van der Waals surface area contributed by atoms with Crippen LogP contribution in [-0.4, -0.2) is 46.7 Å². The summed E-state index contributed by atoms with van der Waals surface area (Å²) in [5.41, 5.74) is 1.36. The zero-order valence-corrected chi connectivity index (χ0v) is 19.1. The highest BCUT2D eigenvalue weighted by Gasteiger charge is 2.30. The molecule has 0 bridgehead atoms. The van der Waals surface area contributed by atoms with Crippen molar-refractivity contribution in [3.05, 3.63) is 71.2 Å². The van der Waals surface area contributed by atoms with Crippen LogP contribution in [0.25, 0.3) is 10.9 Å². The monoisotopic (exact) mass is 497 g/mol. The molecule has 1 saturated heterocycles. The Morgan fingerprint density at radius 3 is 2.78 bits per heavy atom. The highest BCUT2D eigenvalue weighted by atomic mass is 79.9. The van der Waals surface area contributed by atoms with Crippen LogP contribution in [0.2, 0.25) is 0 Å². The van der Waals surface area contributed by atoms with E-state index < -0.39 is 0 Å². The third-order valence-corrected chi connectivity index (χ3v) is 6.12. The molecule has 7 nitrogen and oxygen atoms in total. The number of nitrogens with one attached hydrogen (secondary N) is 1. The van der Waals surface area contributed by atoms with E-state index in [-0.39, 0.29) is 30.1 Å². The van der Waals surface area contributed by atoms with Gasteiger partial charge in [-0.05, 0) is 36.4 Å². The number of halogens is 1. The van der Waals surface area contributed by atoms with E-state index in [1.54, 1.807) is 17.4 Å². The summed E-state index contributed by atoms with van der Waals surface area (Å²) in [5.74, 6) is 0.768. The van der Waals surface area contributed by atoms with Crippen molar-refractivity contribution in [3.63, 3.8) is 0 Å². The van der Waals surface area contributed by atoms with E-state index in [1.165, 1.54) is 6.08 Å². The number of furan rings is 1. The van der Waals surface area contributed by atoms with Gasteiger partial charge in [0.2, 0.25) is 5.91 Å². The van der Waals surface area contributed by atoms with E-state index in [9.17, 15) is 14.4 Å². The largest absolute Gasteiger partial charge is 0.469 e. The van der Waals surface area contributed by atoms with Gasteiger partial charge in [-0.25, -0.2) is 0 Å². The number of hydrogen-bond donors (Lipinski definition) is 1. The number of Topliss-reactive ketones (excluding diaryl/α,β-unsaturated/α-hetero) is 1. The molecule has 1 aromatic carbocycles. The highest BCUT2D eigenvalue weighted by molar-refractivity contribution is 9.10. The molecule has 1 aliphatic heterocycles. The lowest BCUT2D eigenvalue weighted by Gasteiger charge is -2.38. The molecule has 1 N–H and O–H groups in total. The average Bonchev–Trinajstić information content (AvgIpc) is 3.38. The molecule has 3 aromatic rings. The van der Waals surface area contributed by atoms with Gasteiger partial charge in [0.25, 0.3) is 5.91 Å². The van der Waals surface area contributed by atoms with Crippen LogP contribution >= 0.6 is 15.9 Å². The van der Waals surface area contributed by atoms with Gasteiger partial charge >= 0.3 is 0 Å². The summed E-state index contributed by atoms with van der Waals surface area (Å²) in [6, 6.07) is 9.38. The fourth-order valence-corrected chi connectivity index (χ4v) is 4.38. The molecule has 0 atom stereocenters. The Balaban J connectivity index is 1.43. The lowest BCUT2D eigenvalue weighted by atomic mass is 9.94. The molecule has 0 aliphatic carbocycles. The molecule has 0 spiro atoms. The van der Waals surface area contributed by atoms with Crippen LogP contribution in [0, 0.1) is 5.92 Å². The summed E-state index contributed by atoms with van der Waals surface area (Å²) in [4.78, 5) is 38.8. The van der Waals surface area contributed by atoms with Crippen LogP contribution in [0.3, 0.4) is 0 Å². The second kappa shape index (κ2) is 9.56. The zero-order chi connectivity index (χ0) is 22.7. The Hall–Kier alpha value is -3.13. The van der Waals surface area contributed by atoms with Crippen molar-refractivity contribution in [2.45, 2.75) is 19.4 Å². The van der Waals surface area contributed by atoms with Gasteiger partial charge in [-0.2, -0.15) is 0 Å². The lowest BCUT2D eigenvalue weighted by Crippen LogP contribution is -2.50. The first-order valence-corrected chi connectivity index (χ1v) is 11.3. The maximum absolute atomic E-state index is 12.9. The molecule has 32 heavy (non-hydrogen) atoms. The number of rotatable bonds is 9. The normalized spacial score (nSPS) is 13.7. The zero-order valence-electron chi connectivity index (χ0n) is 17.6. The van der Waals surface area contributed by atoms with Crippen LogP contribution in [0.4, 0.5) is 0 Å². The van der Waals surface area contributed by atoms with Gasteiger partial charge in [0.1, 0.15) is 5.76 Å². The molecule has 2 aromatic heterocycles. The maximum Gasteiger partial charge on any atom is 0.253 e. The van der Waals surface area contributed by atoms with Gasteiger partial charge in [0.05, 0.1) is 18.4 Å². The third kappa shape index (κ3) is 4.85. The minimum atomic E-state index is -0.191. The second-order valence-corrected chi connectivity index (χ2v) is 8.89. The number of fused-ring (bicyclic) bond motifs is 1. The fourth-order valence-electron chi connectivity index (χ4n) is 4.01.